The van der Waals surface area contributed by atoms with Gasteiger partial charge in [0, 0.05) is 16.1 Å². The first-order valence-corrected chi connectivity index (χ1v) is 6.76. The number of aryl methyl sites for hydroxylation is 1. The van der Waals surface area contributed by atoms with Gasteiger partial charge in [-0.15, -0.1) is 0 Å². The highest BCUT2D eigenvalue weighted by Gasteiger charge is 2.38. The fourth-order valence-electron chi connectivity index (χ4n) is 2.10. The molecule has 4 nitrogen and oxygen atoms in total. The third kappa shape index (κ3) is 2.77. The van der Waals surface area contributed by atoms with Gasteiger partial charge in [0.15, 0.2) is 0 Å². The molecule has 5 heteroatoms. The highest BCUT2D eigenvalue weighted by Crippen LogP contribution is 2.41. The lowest BCUT2D eigenvalue weighted by atomic mass is 9.79. The van der Waals surface area contributed by atoms with Gasteiger partial charge in [-0.2, -0.15) is 0 Å². The molecule has 0 fully saturated rings. The Labute approximate surface area is 122 Å². The minimum Gasteiger partial charge on any atom is -0.508 e. The van der Waals surface area contributed by atoms with E-state index in [4.69, 9.17) is 10.5 Å². The molecule has 3 N–H and O–H groups in total. The average molecular weight is 330 g/mol. The van der Waals surface area contributed by atoms with Gasteiger partial charge in [0.25, 0.3) is 0 Å². The van der Waals surface area contributed by atoms with Crippen molar-refractivity contribution in [2.45, 2.75) is 33.7 Å². The number of hydrogen-bond donors (Lipinski definition) is 2. The first-order chi connectivity index (χ1) is 8.64. The van der Waals surface area contributed by atoms with Gasteiger partial charge in [-0.1, -0.05) is 15.9 Å². The quantitative estimate of drug-likeness (QED) is 0.836. The van der Waals surface area contributed by atoms with Gasteiger partial charge < -0.3 is 15.6 Å². The fraction of sp³-hybridized carbons (Fsp3) is 0.500. The largest absolute Gasteiger partial charge is 0.508 e. The Morgan fingerprint density at radius 1 is 1.47 bits per heavy atom. The van der Waals surface area contributed by atoms with Crippen molar-refractivity contribution in [1.82, 2.24) is 0 Å². The minimum absolute atomic E-state index is 0.0997. The van der Waals surface area contributed by atoms with Crippen LogP contribution in [-0.2, 0) is 9.53 Å². The van der Waals surface area contributed by atoms with E-state index in [9.17, 15) is 9.90 Å². The molecule has 0 saturated carbocycles. The van der Waals surface area contributed by atoms with Crippen molar-refractivity contribution in [3.05, 3.63) is 27.2 Å². The van der Waals surface area contributed by atoms with Crippen LogP contribution < -0.4 is 5.73 Å². The van der Waals surface area contributed by atoms with E-state index in [0.29, 0.717) is 5.56 Å². The van der Waals surface area contributed by atoms with Crippen molar-refractivity contribution in [1.29, 1.82) is 0 Å². The molecule has 0 saturated heterocycles. The lowest BCUT2D eigenvalue weighted by Crippen LogP contribution is -2.37. The van der Waals surface area contributed by atoms with Crippen LogP contribution in [0.5, 0.6) is 5.75 Å². The van der Waals surface area contributed by atoms with Crippen molar-refractivity contribution in [2.24, 2.45) is 11.1 Å². The van der Waals surface area contributed by atoms with Crippen molar-refractivity contribution in [3.8, 4) is 5.75 Å². The zero-order chi connectivity index (χ0) is 15.0. The Bertz CT molecular complexity index is 512. The number of nitrogens with two attached hydrogens (primary N) is 1. The summed E-state index contributed by atoms with van der Waals surface area (Å²) in [6.45, 7) is 7.16. The van der Waals surface area contributed by atoms with Gasteiger partial charge in [-0.05, 0) is 44.9 Å². The van der Waals surface area contributed by atoms with Crippen LogP contribution in [0.15, 0.2) is 10.5 Å². The first kappa shape index (κ1) is 16.0. The molecule has 0 radical (unpaired) electrons. The van der Waals surface area contributed by atoms with Crippen LogP contribution in [0.1, 0.15) is 36.6 Å². The molecule has 0 heterocycles. The van der Waals surface area contributed by atoms with E-state index in [1.54, 1.807) is 19.9 Å². The molecule has 1 aromatic carbocycles. The number of phenols is 1. The number of methoxy groups -OCH3 is 1. The summed E-state index contributed by atoms with van der Waals surface area (Å²) in [6.07, 6.45) is 0. The number of carbonyl (C=O) groups is 1. The molecule has 19 heavy (non-hydrogen) atoms. The molecular weight excluding hydrogens is 310 g/mol. The van der Waals surface area contributed by atoms with Crippen LogP contribution in [0.3, 0.4) is 0 Å². The van der Waals surface area contributed by atoms with Crippen LogP contribution >= 0.6 is 15.9 Å². The number of aromatic hydroxyl groups is 1. The molecule has 1 aromatic rings. The molecule has 0 amide bonds. The molecule has 0 aromatic heterocycles. The SMILES string of the molecule is COC(=O)C(C)(C)[C@@H](N)c1c(O)cc(C)c(Br)c1C. The van der Waals surface area contributed by atoms with E-state index in [2.05, 4.69) is 15.9 Å². The third-order valence-electron chi connectivity index (χ3n) is 3.51. The molecule has 0 bridgehead atoms. The number of carbonyl (C=O) groups excluding carboxylic acids is 1. The fourth-order valence-corrected chi connectivity index (χ4v) is 2.42. The molecule has 1 rings (SSSR count). The molecule has 0 aliphatic carbocycles. The molecule has 1 atom stereocenters. The summed E-state index contributed by atoms with van der Waals surface area (Å²) in [5, 5.41) is 10.1. The highest BCUT2D eigenvalue weighted by molar-refractivity contribution is 9.10. The Hall–Kier alpha value is -1.07. The predicted octanol–water partition coefficient (Wildman–Crippen LogP) is 2.97. The van der Waals surface area contributed by atoms with Gasteiger partial charge in [0.1, 0.15) is 5.75 Å². The van der Waals surface area contributed by atoms with Crippen LogP contribution in [0.4, 0.5) is 0 Å². The smallest absolute Gasteiger partial charge is 0.313 e. The molecule has 0 aliphatic heterocycles. The van der Waals surface area contributed by atoms with E-state index in [0.717, 1.165) is 15.6 Å². The highest BCUT2D eigenvalue weighted by atomic mass is 79.9. The second-order valence-electron chi connectivity index (χ2n) is 5.26. The van der Waals surface area contributed by atoms with E-state index in [-0.39, 0.29) is 5.75 Å². The van der Waals surface area contributed by atoms with Crippen LogP contribution in [0, 0.1) is 19.3 Å². The lowest BCUT2D eigenvalue weighted by Gasteiger charge is -2.31. The standard InChI is InChI=1S/C14H20BrNO3/c1-7-6-9(17)10(8(2)11(7)15)12(16)14(3,4)13(18)19-5/h6,12,17H,16H2,1-5H3/t12-/m0/s1. The Morgan fingerprint density at radius 2 is 2.00 bits per heavy atom. The summed E-state index contributed by atoms with van der Waals surface area (Å²) in [5.41, 5.74) is 7.58. The van der Waals surface area contributed by atoms with Crippen LogP contribution in [0.25, 0.3) is 0 Å². The average Bonchev–Trinajstić information content (AvgIpc) is 2.34. The number of phenolic OH excluding ortho intramolecular Hbond substituents is 1. The van der Waals surface area contributed by atoms with Crippen LogP contribution in [-0.4, -0.2) is 18.2 Å². The Balaban J connectivity index is 3.39. The normalized spacial score (nSPS) is 13.2. The topological polar surface area (TPSA) is 72.5 Å². The van der Waals surface area contributed by atoms with Crippen molar-refractivity contribution < 1.29 is 14.6 Å². The number of rotatable bonds is 3. The van der Waals surface area contributed by atoms with E-state index in [1.165, 1.54) is 7.11 Å². The second-order valence-corrected chi connectivity index (χ2v) is 6.05. The van der Waals surface area contributed by atoms with Gasteiger partial charge in [0.05, 0.1) is 12.5 Å². The molecular formula is C14H20BrNO3. The third-order valence-corrected chi connectivity index (χ3v) is 4.73. The van der Waals surface area contributed by atoms with Gasteiger partial charge in [-0.25, -0.2) is 0 Å². The minimum atomic E-state index is -0.925. The first-order valence-electron chi connectivity index (χ1n) is 5.97. The van der Waals surface area contributed by atoms with Crippen molar-refractivity contribution in [2.75, 3.05) is 7.11 Å². The number of ether oxygens (including phenoxy) is 1. The summed E-state index contributed by atoms with van der Waals surface area (Å²) in [7, 11) is 1.33. The summed E-state index contributed by atoms with van der Waals surface area (Å²) in [4.78, 5) is 11.8. The van der Waals surface area contributed by atoms with E-state index >= 15 is 0 Å². The molecule has 0 aliphatic rings. The van der Waals surface area contributed by atoms with E-state index in [1.807, 2.05) is 13.8 Å². The Kier molecular flexibility index (Phi) is 4.63. The van der Waals surface area contributed by atoms with Gasteiger partial charge >= 0.3 is 5.97 Å². The van der Waals surface area contributed by atoms with Crippen molar-refractivity contribution >= 4 is 21.9 Å². The number of benzene rings is 1. The number of esters is 1. The van der Waals surface area contributed by atoms with Gasteiger partial charge in [0.2, 0.25) is 0 Å². The van der Waals surface area contributed by atoms with Crippen LogP contribution in [0.2, 0.25) is 0 Å². The molecule has 106 valence electrons. The second kappa shape index (κ2) is 5.51. The van der Waals surface area contributed by atoms with Crippen molar-refractivity contribution in [3.63, 3.8) is 0 Å². The summed E-state index contributed by atoms with van der Waals surface area (Å²) in [6, 6.07) is 0.983. The van der Waals surface area contributed by atoms with E-state index < -0.39 is 17.4 Å². The Morgan fingerprint density at radius 3 is 2.47 bits per heavy atom. The predicted molar refractivity (Wildman–Crippen MR) is 78.0 cm³/mol. The monoisotopic (exact) mass is 329 g/mol. The molecule has 0 unspecified atom stereocenters. The number of halogens is 1. The summed E-state index contributed by atoms with van der Waals surface area (Å²) >= 11 is 3.47. The maximum Gasteiger partial charge on any atom is 0.313 e. The van der Waals surface area contributed by atoms with Gasteiger partial charge in [-0.3, -0.25) is 4.79 Å². The zero-order valence-corrected chi connectivity index (χ0v) is 13.5. The lowest BCUT2D eigenvalue weighted by molar-refractivity contribution is -0.152. The summed E-state index contributed by atoms with van der Waals surface area (Å²) in [5.74, 6) is -0.307. The maximum absolute atomic E-state index is 11.8. The molecule has 0 spiro atoms. The zero-order valence-electron chi connectivity index (χ0n) is 11.9. The number of hydrogen-bond acceptors (Lipinski definition) is 4. The maximum atomic E-state index is 11.8. The summed E-state index contributed by atoms with van der Waals surface area (Å²) < 4.78 is 5.66.